The van der Waals surface area contributed by atoms with Crippen molar-refractivity contribution in [2.75, 3.05) is 37.7 Å². The molecular formula is C19H26N4OS. The van der Waals surface area contributed by atoms with Gasteiger partial charge in [-0.25, -0.2) is 4.98 Å². The molecule has 0 unspecified atom stereocenters. The van der Waals surface area contributed by atoms with E-state index < -0.39 is 0 Å². The van der Waals surface area contributed by atoms with Crippen LogP contribution in [0.1, 0.15) is 19.3 Å². The predicted octanol–water partition coefficient (Wildman–Crippen LogP) is 2.47. The second-order valence-corrected chi connectivity index (χ2v) is 8.16. The molecule has 134 valence electrons. The number of hydrogen-bond donors (Lipinski definition) is 0. The summed E-state index contributed by atoms with van der Waals surface area (Å²) in [6.45, 7) is 4.55. The number of aryl methyl sites for hydroxylation is 1. The molecule has 0 radical (unpaired) electrons. The molecule has 1 amide bonds. The van der Waals surface area contributed by atoms with Crippen LogP contribution in [0.2, 0.25) is 0 Å². The molecule has 1 aromatic heterocycles. The number of piperazine rings is 1. The minimum atomic E-state index is 0.275. The summed E-state index contributed by atoms with van der Waals surface area (Å²) in [5.41, 5.74) is 2.10. The van der Waals surface area contributed by atoms with Crippen LogP contribution >= 0.6 is 11.8 Å². The Bertz CT molecular complexity index is 717. The fourth-order valence-electron chi connectivity index (χ4n) is 3.95. The first-order chi connectivity index (χ1) is 12.3. The molecule has 2 fully saturated rings. The van der Waals surface area contributed by atoms with E-state index in [-0.39, 0.29) is 5.91 Å². The zero-order valence-corrected chi connectivity index (χ0v) is 15.5. The maximum absolute atomic E-state index is 12.6. The molecule has 5 nitrogen and oxygen atoms in total. The second-order valence-electron chi connectivity index (χ2n) is 6.94. The standard InChI is InChI=1S/C19H26N4OS/c24-19(5-8-23-15-20-17-3-1-2-4-18(17)23)22-11-9-21(10-12-22)16-6-13-25-14-7-16/h1-4,15-16H,5-14H2. The van der Waals surface area contributed by atoms with E-state index in [0.717, 1.165) is 43.3 Å². The van der Waals surface area contributed by atoms with Crippen LogP contribution in [-0.2, 0) is 11.3 Å². The van der Waals surface area contributed by atoms with Gasteiger partial charge in [-0.1, -0.05) is 12.1 Å². The minimum Gasteiger partial charge on any atom is -0.340 e. The summed E-state index contributed by atoms with van der Waals surface area (Å²) in [6, 6.07) is 8.83. The quantitative estimate of drug-likeness (QED) is 0.842. The van der Waals surface area contributed by atoms with E-state index in [1.165, 1.54) is 24.3 Å². The second kappa shape index (κ2) is 7.79. The third-order valence-electron chi connectivity index (χ3n) is 5.47. The Morgan fingerprint density at radius 3 is 2.68 bits per heavy atom. The van der Waals surface area contributed by atoms with Crippen molar-refractivity contribution in [3.05, 3.63) is 30.6 Å². The first kappa shape index (κ1) is 16.9. The lowest BCUT2D eigenvalue weighted by Gasteiger charge is -2.40. The first-order valence-corrected chi connectivity index (χ1v) is 10.5. The number of carbonyl (C=O) groups excluding carboxylic acids is 1. The minimum absolute atomic E-state index is 0.275. The van der Waals surface area contributed by atoms with Crippen molar-refractivity contribution in [3.63, 3.8) is 0 Å². The smallest absolute Gasteiger partial charge is 0.224 e. The Hall–Kier alpha value is -1.53. The van der Waals surface area contributed by atoms with E-state index in [9.17, 15) is 4.79 Å². The van der Waals surface area contributed by atoms with Gasteiger partial charge < -0.3 is 9.47 Å². The van der Waals surface area contributed by atoms with Crippen LogP contribution in [-0.4, -0.2) is 69.0 Å². The summed E-state index contributed by atoms with van der Waals surface area (Å²) < 4.78 is 2.09. The lowest BCUT2D eigenvalue weighted by atomic mass is 10.1. The van der Waals surface area contributed by atoms with Crippen molar-refractivity contribution < 1.29 is 4.79 Å². The Labute approximate surface area is 153 Å². The van der Waals surface area contributed by atoms with E-state index in [4.69, 9.17) is 0 Å². The van der Waals surface area contributed by atoms with Crippen LogP contribution in [0.15, 0.2) is 30.6 Å². The monoisotopic (exact) mass is 358 g/mol. The molecule has 0 spiro atoms. The summed E-state index contributed by atoms with van der Waals surface area (Å²) in [5, 5.41) is 0. The summed E-state index contributed by atoms with van der Waals surface area (Å²) in [5.74, 6) is 2.86. The number of carbonyl (C=O) groups is 1. The number of amides is 1. The lowest BCUT2D eigenvalue weighted by molar-refractivity contribution is -0.133. The largest absolute Gasteiger partial charge is 0.340 e. The van der Waals surface area contributed by atoms with E-state index in [2.05, 4.69) is 32.3 Å². The third-order valence-corrected chi connectivity index (χ3v) is 6.52. The van der Waals surface area contributed by atoms with Gasteiger partial charge in [0, 0.05) is 45.2 Å². The molecule has 1 aromatic carbocycles. The number of benzene rings is 1. The average Bonchev–Trinajstić information content (AvgIpc) is 3.10. The molecule has 25 heavy (non-hydrogen) atoms. The highest BCUT2D eigenvalue weighted by Gasteiger charge is 2.26. The third kappa shape index (κ3) is 3.85. The summed E-state index contributed by atoms with van der Waals surface area (Å²) in [4.78, 5) is 21.6. The van der Waals surface area contributed by atoms with E-state index in [1.807, 2.05) is 29.4 Å². The normalized spacial score (nSPS) is 20.2. The van der Waals surface area contributed by atoms with Gasteiger partial charge in [-0.05, 0) is 36.5 Å². The van der Waals surface area contributed by atoms with Gasteiger partial charge in [0.2, 0.25) is 5.91 Å². The first-order valence-electron chi connectivity index (χ1n) is 9.31. The van der Waals surface area contributed by atoms with Crippen LogP contribution in [0.3, 0.4) is 0 Å². The number of rotatable bonds is 4. The van der Waals surface area contributed by atoms with Crippen molar-refractivity contribution >= 4 is 28.7 Å². The fourth-order valence-corrected chi connectivity index (χ4v) is 5.03. The van der Waals surface area contributed by atoms with E-state index in [1.54, 1.807) is 0 Å². The number of imidazole rings is 1. The van der Waals surface area contributed by atoms with Crippen molar-refractivity contribution in [1.82, 2.24) is 19.4 Å². The van der Waals surface area contributed by atoms with Crippen LogP contribution in [0.5, 0.6) is 0 Å². The van der Waals surface area contributed by atoms with Gasteiger partial charge in [-0.3, -0.25) is 9.69 Å². The molecule has 2 saturated heterocycles. The lowest BCUT2D eigenvalue weighted by Crippen LogP contribution is -2.52. The van der Waals surface area contributed by atoms with Crippen LogP contribution < -0.4 is 0 Å². The Balaban J connectivity index is 1.27. The van der Waals surface area contributed by atoms with E-state index in [0.29, 0.717) is 13.0 Å². The molecule has 0 aliphatic carbocycles. The van der Waals surface area contributed by atoms with Gasteiger partial charge in [-0.15, -0.1) is 0 Å². The Kier molecular flexibility index (Phi) is 5.27. The zero-order chi connectivity index (χ0) is 17.1. The van der Waals surface area contributed by atoms with Gasteiger partial charge in [0.05, 0.1) is 17.4 Å². The molecule has 2 aliphatic rings. The molecule has 2 aliphatic heterocycles. The van der Waals surface area contributed by atoms with Gasteiger partial charge in [-0.2, -0.15) is 11.8 Å². The molecule has 4 rings (SSSR count). The molecule has 2 aromatic rings. The molecule has 0 N–H and O–H groups in total. The maximum atomic E-state index is 12.6. The maximum Gasteiger partial charge on any atom is 0.224 e. The molecule has 0 saturated carbocycles. The number of fused-ring (bicyclic) bond motifs is 1. The molecular weight excluding hydrogens is 332 g/mol. The van der Waals surface area contributed by atoms with Crippen molar-refractivity contribution in [2.45, 2.75) is 31.8 Å². The van der Waals surface area contributed by atoms with Crippen LogP contribution in [0.25, 0.3) is 11.0 Å². The van der Waals surface area contributed by atoms with Gasteiger partial charge in [0.1, 0.15) is 0 Å². The van der Waals surface area contributed by atoms with Crippen LogP contribution in [0.4, 0.5) is 0 Å². The Morgan fingerprint density at radius 2 is 1.88 bits per heavy atom. The molecule has 0 atom stereocenters. The van der Waals surface area contributed by atoms with Gasteiger partial charge >= 0.3 is 0 Å². The summed E-state index contributed by atoms with van der Waals surface area (Å²) >= 11 is 2.08. The van der Waals surface area contributed by atoms with Gasteiger partial charge in [0.25, 0.3) is 0 Å². The number of thioether (sulfide) groups is 1. The predicted molar refractivity (Wildman–Crippen MR) is 103 cm³/mol. The van der Waals surface area contributed by atoms with Gasteiger partial charge in [0.15, 0.2) is 0 Å². The number of nitrogens with zero attached hydrogens (tertiary/aromatic N) is 4. The number of hydrogen-bond acceptors (Lipinski definition) is 4. The van der Waals surface area contributed by atoms with Crippen molar-refractivity contribution in [3.8, 4) is 0 Å². The molecule has 6 heteroatoms. The fraction of sp³-hybridized carbons (Fsp3) is 0.579. The van der Waals surface area contributed by atoms with E-state index >= 15 is 0 Å². The summed E-state index contributed by atoms with van der Waals surface area (Å²) in [6.07, 6.45) is 5.02. The SMILES string of the molecule is O=C(CCn1cnc2ccccc21)N1CCN(C2CCSCC2)CC1. The molecule has 0 bridgehead atoms. The Morgan fingerprint density at radius 1 is 1.12 bits per heavy atom. The summed E-state index contributed by atoms with van der Waals surface area (Å²) in [7, 11) is 0. The average molecular weight is 359 g/mol. The van der Waals surface area contributed by atoms with Crippen LogP contribution in [0, 0.1) is 0 Å². The van der Waals surface area contributed by atoms with Crippen molar-refractivity contribution in [1.29, 1.82) is 0 Å². The highest BCUT2D eigenvalue weighted by Crippen LogP contribution is 2.23. The highest BCUT2D eigenvalue weighted by atomic mass is 32.2. The topological polar surface area (TPSA) is 41.4 Å². The number of para-hydroxylation sites is 2. The van der Waals surface area contributed by atoms with Crippen molar-refractivity contribution in [2.24, 2.45) is 0 Å². The highest BCUT2D eigenvalue weighted by molar-refractivity contribution is 7.99. The molecule has 3 heterocycles. The number of aromatic nitrogens is 2. The zero-order valence-electron chi connectivity index (χ0n) is 14.6.